The summed E-state index contributed by atoms with van der Waals surface area (Å²) in [5, 5.41) is 7.24. The van der Waals surface area contributed by atoms with Gasteiger partial charge in [0.25, 0.3) is 0 Å². The average Bonchev–Trinajstić information content (AvgIpc) is 2.70. The second-order valence-electron chi connectivity index (χ2n) is 7.67. The number of nitrogens with one attached hydrogen (secondary N) is 2. The van der Waals surface area contributed by atoms with Gasteiger partial charge >= 0.3 is 0 Å². The molecule has 0 amide bonds. The summed E-state index contributed by atoms with van der Waals surface area (Å²) in [4.78, 5) is 4.78. The Morgan fingerprint density at radius 1 is 1.28 bits per heavy atom. The van der Waals surface area contributed by atoms with Gasteiger partial charge in [0, 0.05) is 34.4 Å². The van der Waals surface area contributed by atoms with Gasteiger partial charge in [-0.05, 0) is 51.2 Å². The van der Waals surface area contributed by atoms with E-state index >= 15 is 0 Å². The molecule has 0 heterocycles. The summed E-state index contributed by atoms with van der Waals surface area (Å²) in [6.45, 7) is 10.3. The van der Waals surface area contributed by atoms with E-state index in [2.05, 4.69) is 41.8 Å². The molecule has 3 unspecified atom stereocenters. The number of benzene rings is 1. The maximum absolute atomic E-state index is 12.2. The van der Waals surface area contributed by atoms with Crippen LogP contribution in [0.5, 0.6) is 0 Å². The molecule has 0 aliphatic heterocycles. The van der Waals surface area contributed by atoms with E-state index in [-0.39, 0.29) is 30.1 Å². The van der Waals surface area contributed by atoms with Crippen molar-refractivity contribution in [1.82, 2.24) is 10.6 Å². The number of guanidine groups is 1. The smallest absolute Gasteiger partial charge is 0.191 e. The monoisotopic (exact) mass is 535 g/mol. The fraction of sp³-hybridized carbons (Fsp3) is 0.682. The van der Waals surface area contributed by atoms with Crippen molar-refractivity contribution in [3.63, 3.8) is 0 Å². The molecular weight excluding hydrogens is 497 g/mol. The van der Waals surface area contributed by atoms with Gasteiger partial charge in [-0.1, -0.05) is 37.6 Å². The first-order valence-electron chi connectivity index (χ1n) is 10.6. The molecule has 1 aromatic carbocycles. The van der Waals surface area contributed by atoms with Crippen molar-refractivity contribution >= 4 is 40.7 Å². The van der Waals surface area contributed by atoms with Crippen LogP contribution in [0.4, 0.5) is 0 Å². The lowest BCUT2D eigenvalue weighted by molar-refractivity contribution is 0.0657. The van der Waals surface area contributed by atoms with Crippen LogP contribution in [0, 0.1) is 0 Å². The van der Waals surface area contributed by atoms with Gasteiger partial charge < -0.3 is 15.4 Å². The third-order valence-electron chi connectivity index (χ3n) is 4.96. The molecule has 1 aromatic rings. The lowest BCUT2D eigenvalue weighted by atomic mass is 9.95. The third-order valence-corrected chi connectivity index (χ3v) is 6.70. The summed E-state index contributed by atoms with van der Waals surface area (Å²) >= 11 is 0. The maximum Gasteiger partial charge on any atom is 0.191 e. The molecule has 2 N–H and O–H groups in total. The van der Waals surface area contributed by atoms with Gasteiger partial charge in [-0.15, -0.1) is 24.0 Å². The molecule has 3 atom stereocenters. The third kappa shape index (κ3) is 9.79. The van der Waals surface area contributed by atoms with Gasteiger partial charge in [-0.25, -0.2) is 4.99 Å². The van der Waals surface area contributed by atoms with Crippen LogP contribution >= 0.6 is 24.0 Å². The van der Waals surface area contributed by atoms with E-state index < -0.39 is 10.8 Å². The minimum Gasteiger partial charge on any atom is -0.374 e. The number of nitrogens with zero attached hydrogens (tertiary/aromatic N) is 1. The zero-order valence-electron chi connectivity index (χ0n) is 18.3. The number of rotatable bonds is 9. The van der Waals surface area contributed by atoms with Gasteiger partial charge in [-0.3, -0.25) is 4.21 Å². The topological polar surface area (TPSA) is 62.7 Å². The summed E-state index contributed by atoms with van der Waals surface area (Å²) in [7, 11) is -0.707. The summed E-state index contributed by atoms with van der Waals surface area (Å²) in [6.07, 6.45) is 4.52. The van der Waals surface area contributed by atoms with E-state index in [4.69, 9.17) is 9.73 Å². The predicted molar refractivity (Wildman–Crippen MR) is 134 cm³/mol. The molecule has 7 heteroatoms. The van der Waals surface area contributed by atoms with E-state index in [1.807, 2.05) is 20.8 Å². The van der Waals surface area contributed by atoms with Crippen molar-refractivity contribution in [2.24, 2.45) is 4.99 Å². The highest BCUT2D eigenvalue weighted by Gasteiger charge is 2.26. The minimum atomic E-state index is -0.707. The Bertz CT molecular complexity index is 655. The normalized spacial score (nSPS) is 20.8. The van der Waals surface area contributed by atoms with Crippen molar-refractivity contribution in [3.05, 3.63) is 35.4 Å². The van der Waals surface area contributed by atoms with Crippen LogP contribution in [-0.4, -0.2) is 39.9 Å². The molecule has 29 heavy (non-hydrogen) atoms. The van der Waals surface area contributed by atoms with E-state index in [1.165, 1.54) is 11.1 Å². The van der Waals surface area contributed by atoms with Crippen molar-refractivity contribution in [2.75, 3.05) is 12.3 Å². The van der Waals surface area contributed by atoms with Gasteiger partial charge in [-0.2, -0.15) is 0 Å². The summed E-state index contributed by atoms with van der Waals surface area (Å²) in [6, 6.07) is 8.77. The first kappa shape index (κ1) is 26.4. The van der Waals surface area contributed by atoms with Crippen LogP contribution in [0.2, 0.25) is 0 Å². The quantitative estimate of drug-likeness (QED) is 0.280. The Balaban J connectivity index is 0.00000420. The van der Waals surface area contributed by atoms with Crippen molar-refractivity contribution in [3.8, 4) is 0 Å². The van der Waals surface area contributed by atoms with E-state index in [0.717, 1.165) is 43.9 Å². The first-order chi connectivity index (χ1) is 13.5. The molecule has 1 aliphatic carbocycles. The molecule has 1 aliphatic rings. The molecule has 166 valence electrons. The molecule has 1 fully saturated rings. The molecular formula is C22H38IN3O2S. The first-order valence-corrected chi connectivity index (χ1v) is 12.0. The summed E-state index contributed by atoms with van der Waals surface area (Å²) < 4.78 is 17.9. The molecule has 0 bridgehead atoms. The average molecular weight is 536 g/mol. The fourth-order valence-electron chi connectivity index (χ4n) is 3.51. The standard InChI is InChI=1S/C22H37N3O2S.HI/c1-5-23-22(25-20-11-8-12-21(14-20)28(26)6-2)24-15-18-9-7-10-19(13-18)16-27-17(3)4;/h7,9-10,13,17,20-21H,5-6,8,11-12,14-16H2,1-4H3,(H2,23,24,25);1H. The van der Waals surface area contributed by atoms with E-state index in [9.17, 15) is 4.21 Å². The Hall–Kier alpha value is -0.670. The SMILES string of the molecule is CCNC(=NCc1cccc(COC(C)C)c1)NC1CCCC(S(=O)CC)C1.I. The Morgan fingerprint density at radius 2 is 2.03 bits per heavy atom. The highest BCUT2D eigenvalue weighted by atomic mass is 127. The zero-order chi connectivity index (χ0) is 20.4. The second-order valence-corrected chi connectivity index (χ2v) is 9.68. The fourth-order valence-corrected chi connectivity index (χ4v) is 4.86. The Labute approximate surface area is 196 Å². The molecule has 2 rings (SSSR count). The van der Waals surface area contributed by atoms with Crippen molar-refractivity contribution in [1.29, 1.82) is 0 Å². The summed E-state index contributed by atoms with van der Waals surface area (Å²) in [5.41, 5.74) is 2.35. The van der Waals surface area contributed by atoms with Gasteiger partial charge in [0.05, 0.1) is 19.3 Å². The van der Waals surface area contributed by atoms with Crippen LogP contribution in [-0.2, 0) is 28.7 Å². The molecule has 0 aromatic heterocycles. The van der Waals surface area contributed by atoms with Gasteiger partial charge in [0.1, 0.15) is 0 Å². The van der Waals surface area contributed by atoms with Crippen LogP contribution in [0.25, 0.3) is 0 Å². The minimum absolute atomic E-state index is 0. The van der Waals surface area contributed by atoms with E-state index in [0.29, 0.717) is 24.4 Å². The maximum atomic E-state index is 12.2. The molecule has 0 spiro atoms. The number of halogens is 1. The van der Waals surface area contributed by atoms with Crippen molar-refractivity contribution in [2.45, 2.75) is 83.9 Å². The largest absolute Gasteiger partial charge is 0.374 e. The lowest BCUT2D eigenvalue weighted by Gasteiger charge is -2.30. The second kappa shape index (κ2) is 14.4. The van der Waals surface area contributed by atoms with Crippen LogP contribution in [0.15, 0.2) is 29.3 Å². The number of hydrogen-bond donors (Lipinski definition) is 2. The highest BCUT2D eigenvalue weighted by molar-refractivity contribution is 14.0. The van der Waals surface area contributed by atoms with Crippen LogP contribution in [0.1, 0.15) is 64.5 Å². The molecule has 0 radical (unpaired) electrons. The molecule has 1 saturated carbocycles. The lowest BCUT2D eigenvalue weighted by Crippen LogP contribution is -2.46. The van der Waals surface area contributed by atoms with Gasteiger partial charge in [0.2, 0.25) is 0 Å². The Morgan fingerprint density at radius 3 is 2.72 bits per heavy atom. The van der Waals surface area contributed by atoms with E-state index in [1.54, 1.807) is 0 Å². The zero-order valence-corrected chi connectivity index (χ0v) is 21.4. The number of hydrogen-bond acceptors (Lipinski definition) is 3. The number of aliphatic imine (C=N–C) groups is 1. The van der Waals surface area contributed by atoms with Crippen LogP contribution < -0.4 is 10.6 Å². The van der Waals surface area contributed by atoms with Crippen molar-refractivity contribution < 1.29 is 8.95 Å². The molecule has 5 nitrogen and oxygen atoms in total. The van der Waals surface area contributed by atoms with Gasteiger partial charge in [0.15, 0.2) is 5.96 Å². The Kier molecular flexibility index (Phi) is 13.1. The number of ether oxygens (including phenoxy) is 1. The highest BCUT2D eigenvalue weighted by Crippen LogP contribution is 2.23. The summed E-state index contributed by atoms with van der Waals surface area (Å²) in [5.74, 6) is 1.60. The molecule has 0 saturated heterocycles. The predicted octanol–water partition coefficient (Wildman–Crippen LogP) is 4.36. The van der Waals surface area contributed by atoms with Crippen LogP contribution in [0.3, 0.4) is 0 Å².